The third-order valence-electron chi connectivity index (χ3n) is 6.79. The molecule has 0 aromatic heterocycles. The van der Waals surface area contributed by atoms with Crippen molar-refractivity contribution in [2.45, 2.75) is 43.6 Å². The van der Waals surface area contributed by atoms with Crippen LogP contribution >= 0.6 is 0 Å². The van der Waals surface area contributed by atoms with Gasteiger partial charge in [0.15, 0.2) is 0 Å². The molecule has 0 bridgehead atoms. The summed E-state index contributed by atoms with van der Waals surface area (Å²) in [7, 11) is 0. The van der Waals surface area contributed by atoms with Gasteiger partial charge in [0, 0.05) is 31.3 Å². The predicted octanol–water partition coefficient (Wildman–Crippen LogP) is 3.82. The normalized spacial score (nSPS) is 19.1. The van der Waals surface area contributed by atoms with Crippen molar-refractivity contribution in [3.05, 3.63) is 85.4 Å². The van der Waals surface area contributed by atoms with Crippen LogP contribution in [0.2, 0.25) is 0 Å². The van der Waals surface area contributed by atoms with E-state index in [4.69, 9.17) is 14.2 Å². The number of amides is 3. The smallest absolute Gasteiger partial charge is 0.407 e. The van der Waals surface area contributed by atoms with Gasteiger partial charge < -0.3 is 30.2 Å². The van der Waals surface area contributed by atoms with Crippen molar-refractivity contribution in [1.82, 2.24) is 16.0 Å². The molecule has 3 rings (SSSR count). The number of carbonyl (C=O) groups is 3. The lowest BCUT2D eigenvalue weighted by atomic mass is 9.84. The van der Waals surface area contributed by atoms with Crippen molar-refractivity contribution in [2.75, 3.05) is 32.9 Å². The standard InChI is InChI=1S/C30H39N3O6/c1-3-37-19-9-17-31-28(34)16-15-27(29(35)32-18-10-20-38-4-2)33-30(36)39-21-26-24-13-7-5-11-22(24)23-12-6-8-14-25(23)26/h3-8,11-14,22,24,26-27H,1-2,9-10,15-21H2,(H,31,34)(H,32,35)(H,33,36). The van der Waals surface area contributed by atoms with Crippen molar-refractivity contribution in [1.29, 1.82) is 0 Å². The van der Waals surface area contributed by atoms with Crippen molar-refractivity contribution >= 4 is 17.9 Å². The Bertz CT molecular complexity index is 1050. The second-order valence-corrected chi connectivity index (χ2v) is 9.37. The van der Waals surface area contributed by atoms with Gasteiger partial charge in [-0.3, -0.25) is 9.59 Å². The molecular weight excluding hydrogens is 498 g/mol. The van der Waals surface area contributed by atoms with Gasteiger partial charge in [-0.1, -0.05) is 61.7 Å². The highest BCUT2D eigenvalue weighted by Crippen LogP contribution is 2.49. The molecular formula is C30H39N3O6. The topological polar surface area (TPSA) is 115 Å². The van der Waals surface area contributed by atoms with Gasteiger partial charge in [0.05, 0.1) is 25.7 Å². The average Bonchev–Trinajstić information content (AvgIpc) is 3.27. The zero-order valence-electron chi connectivity index (χ0n) is 22.3. The highest BCUT2D eigenvalue weighted by Gasteiger charge is 2.39. The summed E-state index contributed by atoms with van der Waals surface area (Å²) in [5.74, 6) is -0.117. The molecule has 3 amide bonds. The summed E-state index contributed by atoms with van der Waals surface area (Å²) < 4.78 is 15.7. The van der Waals surface area contributed by atoms with Gasteiger partial charge in [0.2, 0.25) is 11.8 Å². The summed E-state index contributed by atoms with van der Waals surface area (Å²) in [5, 5.41) is 8.24. The molecule has 2 aliphatic rings. The second kappa shape index (κ2) is 16.1. The Morgan fingerprint density at radius 2 is 1.59 bits per heavy atom. The minimum Gasteiger partial charge on any atom is -0.502 e. The molecule has 9 heteroatoms. The van der Waals surface area contributed by atoms with Crippen LogP contribution < -0.4 is 16.0 Å². The molecule has 0 fully saturated rings. The quantitative estimate of drug-likeness (QED) is 0.206. The number of allylic oxidation sites excluding steroid dienone is 4. The molecule has 39 heavy (non-hydrogen) atoms. The molecule has 1 aromatic carbocycles. The van der Waals surface area contributed by atoms with E-state index in [1.54, 1.807) is 0 Å². The number of ether oxygens (including phenoxy) is 3. The van der Waals surface area contributed by atoms with E-state index in [0.29, 0.717) is 39.1 Å². The Kier molecular flexibility index (Phi) is 12.2. The highest BCUT2D eigenvalue weighted by molar-refractivity contribution is 5.86. The number of hydrogen-bond donors (Lipinski definition) is 3. The van der Waals surface area contributed by atoms with E-state index in [2.05, 4.69) is 53.4 Å². The van der Waals surface area contributed by atoms with Crippen molar-refractivity contribution in [3.8, 4) is 0 Å². The molecule has 3 N–H and O–H groups in total. The third kappa shape index (κ3) is 9.05. The van der Waals surface area contributed by atoms with Crippen molar-refractivity contribution < 1.29 is 28.6 Å². The van der Waals surface area contributed by atoms with E-state index < -0.39 is 12.1 Å². The first-order valence-corrected chi connectivity index (χ1v) is 13.4. The van der Waals surface area contributed by atoms with E-state index in [9.17, 15) is 14.4 Å². The maximum Gasteiger partial charge on any atom is 0.407 e. The van der Waals surface area contributed by atoms with Crippen LogP contribution in [0.4, 0.5) is 4.79 Å². The average molecular weight is 538 g/mol. The third-order valence-corrected chi connectivity index (χ3v) is 6.79. The van der Waals surface area contributed by atoms with Crippen LogP contribution in [0.25, 0.3) is 0 Å². The molecule has 4 unspecified atom stereocenters. The Morgan fingerprint density at radius 1 is 0.923 bits per heavy atom. The van der Waals surface area contributed by atoms with Gasteiger partial charge in [-0.25, -0.2) is 4.79 Å². The zero-order chi connectivity index (χ0) is 27.9. The SMILES string of the molecule is C=COCCCNC(=O)CCC(NC(=O)OCC1c2ccccc2C2C=CC=CC21)C(=O)NCCCOC=C. The summed E-state index contributed by atoms with van der Waals surface area (Å²) in [6, 6.07) is 7.29. The monoisotopic (exact) mass is 537 g/mol. The van der Waals surface area contributed by atoms with Crippen LogP contribution in [0.3, 0.4) is 0 Å². The Morgan fingerprint density at radius 3 is 2.31 bits per heavy atom. The first-order chi connectivity index (χ1) is 19.0. The van der Waals surface area contributed by atoms with Gasteiger partial charge in [-0.2, -0.15) is 0 Å². The minimum atomic E-state index is -0.922. The fraction of sp³-hybridized carbons (Fsp3) is 0.433. The Labute approximate surface area is 230 Å². The van der Waals surface area contributed by atoms with Crippen molar-refractivity contribution in [2.24, 2.45) is 5.92 Å². The van der Waals surface area contributed by atoms with Gasteiger partial charge in [-0.05, 0) is 36.3 Å². The van der Waals surface area contributed by atoms with Crippen LogP contribution in [0, 0.1) is 5.92 Å². The zero-order valence-corrected chi connectivity index (χ0v) is 22.3. The fourth-order valence-electron chi connectivity index (χ4n) is 4.90. The maximum atomic E-state index is 12.9. The van der Waals surface area contributed by atoms with Crippen LogP contribution in [0.15, 0.2) is 74.3 Å². The lowest BCUT2D eigenvalue weighted by Gasteiger charge is -2.23. The van der Waals surface area contributed by atoms with Crippen LogP contribution in [0.5, 0.6) is 0 Å². The maximum absolute atomic E-state index is 12.9. The molecule has 0 saturated heterocycles. The number of hydrogen-bond acceptors (Lipinski definition) is 6. The number of carbonyl (C=O) groups excluding carboxylic acids is 3. The molecule has 0 spiro atoms. The van der Waals surface area contributed by atoms with Gasteiger partial charge in [-0.15, -0.1) is 0 Å². The molecule has 0 saturated carbocycles. The number of fused-ring (bicyclic) bond motifs is 3. The molecule has 9 nitrogen and oxygen atoms in total. The number of rotatable bonds is 17. The lowest BCUT2D eigenvalue weighted by Crippen LogP contribution is -2.48. The van der Waals surface area contributed by atoms with E-state index in [1.165, 1.54) is 23.7 Å². The number of nitrogens with one attached hydrogen (secondary N) is 3. The minimum absolute atomic E-state index is 0.0196. The highest BCUT2D eigenvalue weighted by atomic mass is 16.5. The molecule has 2 aliphatic carbocycles. The summed E-state index contributed by atoms with van der Waals surface area (Å²) in [6.45, 7) is 8.81. The Hall–Kier alpha value is -4.01. The fourth-order valence-corrected chi connectivity index (χ4v) is 4.90. The van der Waals surface area contributed by atoms with Crippen molar-refractivity contribution in [3.63, 3.8) is 0 Å². The summed E-state index contributed by atoms with van der Waals surface area (Å²) in [5.41, 5.74) is 2.42. The molecule has 0 aliphatic heterocycles. The van der Waals surface area contributed by atoms with Gasteiger partial charge in [0.25, 0.3) is 0 Å². The number of alkyl carbamates (subject to hydrolysis) is 1. The second-order valence-electron chi connectivity index (χ2n) is 9.37. The molecule has 0 radical (unpaired) electrons. The predicted molar refractivity (Wildman–Crippen MR) is 149 cm³/mol. The summed E-state index contributed by atoms with van der Waals surface area (Å²) >= 11 is 0. The van der Waals surface area contributed by atoms with E-state index in [-0.39, 0.29) is 49.0 Å². The molecule has 0 heterocycles. The lowest BCUT2D eigenvalue weighted by molar-refractivity contribution is -0.124. The van der Waals surface area contributed by atoms with E-state index in [0.717, 1.165) is 0 Å². The first-order valence-electron chi connectivity index (χ1n) is 13.4. The van der Waals surface area contributed by atoms with Crippen LogP contribution in [0.1, 0.15) is 48.6 Å². The van der Waals surface area contributed by atoms with Gasteiger partial charge >= 0.3 is 6.09 Å². The van der Waals surface area contributed by atoms with Crippen LogP contribution in [-0.4, -0.2) is 56.9 Å². The first kappa shape index (κ1) is 29.5. The van der Waals surface area contributed by atoms with Gasteiger partial charge in [0.1, 0.15) is 12.6 Å². The summed E-state index contributed by atoms with van der Waals surface area (Å²) in [6.07, 6.45) is 11.8. The molecule has 210 valence electrons. The molecule has 1 aromatic rings. The largest absolute Gasteiger partial charge is 0.502 e. The Balaban J connectivity index is 1.53. The molecule has 4 atom stereocenters. The summed E-state index contributed by atoms with van der Waals surface area (Å²) in [4.78, 5) is 38.0. The van der Waals surface area contributed by atoms with Crippen LogP contribution in [-0.2, 0) is 23.8 Å². The number of benzene rings is 1. The van der Waals surface area contributed by atoms with E-state index in [1.807, 2.05) is 24.3 Å². The van der Waals surface area contributed by atoms with E-state index >= 15 is 0 Å².